The molecule has 0 radical (unpaired) electrons. The summed E-state index contributed by atoms with van der Waals surface area (Å²) >= 11 is 10.9. The Morgan fingerprint density at radius 1 is 1.16 bits per heavy atom. The summed E-state index contributed by atoms with van der Waals surface area (Å²) in [4.78, 5) is 0.997. The molecule has 0 fully saturated rings. The number of nitrogens with zero attached hydrogens (tertiary/aromatic N) is 1. The van der Waals surface area contributed by atoms with Gasteiger partial charge >= 0.3 is 0 Å². The van der Waals surface area contributed by atoms with Gasteiger partial charge in [-0.15, -0.1) is 11.3 Å². The molecule has 2 N–H and O–H groups in total. The zero-order valence-corrected chi connectivity index (χ0v) is 12.7. The second kappa shape index (κ2) is 5.00. The highest BCUT2D eigenvalue weighted by Gasteiger charge is 2.18. The van der Waals surface area contributed by atoms with Crippen molar-refractivity contribution in [2.75, 3.05) is 5.73 Å². The van der Waals surface area contributed by atoms with E-state index in [9.17, 15) is 0 Å². The van der Waals surface area contributed by atoms with Gasteiger partial charge in [0.1, 0.15) is 5.69 Å². The third kappa shape index (κ3) is 2.41. The SMILES string of the molecule is Nc1onc(-c2ccc(Br)s2)c1-c1ccc(Cl)cc1. The molecule has 0 spiro atoms. The lowest BCUT2D eigenvalue weighted by Crippen LogP contribution is -1.86. The number of benzene rings is 1. The number of nitrogens with two attached hydrogens (primary N) is 1. The fraction of sp³-hybridized carbons (Fsp3) is 0. The van der Waals surface area contributed by atoms with Crippen LogP contribution in [0, 0.1) is 0 Å². The van der Waals surface area contributed by atoms with Crippen molar-refractivity contribution in [2.24, 2.45) is 0 Å². The van der Waals surface area contributed by atoms with Gasteiger partial charge < -0.3 is 10.3 Å². The Bertz CT molecular complexity index is 721. The van der Waals surface area contributed by atoms with E-state index in [0.29, 0.717) is 10.9 Å². The molecule has 0 saturated heterocycles. The molecule has 0 aliphatic rings. The maximum Gasteiger partial charge on any atom is 0.230 e. The van der Waals surface area contributed by atoms with E-state index < -0.39 is 0 Å². The molecule has 96 valence electrons. The first-order chi connectivity index (χ1) is 9.15. The van der Waals surface area contributed by atoms with Crippen LogP contribution in [0.2, 0.25) is 5.02 Å². The minimum absolute atomic E-state index is 0.307. The second-order valence-corrected chi connectivity index (χ2v) is 6.78. The molecule has 3 rings (SSSR count). The Morgan fingerprint density at radius 2 is 1.89 bits per heavy atom. The van der Waals surface area contributed by atoms with E-state index >= 15 is 0 Å². The third-order valence-corrected chi connectivity index (χ3v) is 4.54. The number of halogens is 2. The van der Waals surface area contributed by atoms with Crippen molar-refractivity contribution in [1.29, 1.82) is 0 Å². The van der Waals surface area contributed by atoms with Crippen molar-refractivity contribution in [3.8, 4) is 21.7 Å². The molecule has 2 aromatic heterocycles. The first kappa shape index (κ1) is 12.7. The van der Waals surface area contributed by atoms with Crippen LogP contribution in [0.15, 0.2) is 44.7 Å². The number of nitrogen functional groups attached to an aromatic ring is 1. The standard InChI is InChI=1S/C13H8BrClN2OS/c14-10-6-5-9(19-10)12-11(13(16)18-17-12)7-1-3-8(15)4-2-7/h1-6H,16H2. The minimum Gasteiger partial charge on any atom is -0.367 e. The van der Waals surface area contributed by atoms with Crippen LogP contribution in [-0.4, -0.2) is 5.16 Å². The van der Waals surface area contributed by atoms with Gasteiger partial charge in [0, 0.05) is 5.02 Å². The highest BCUT2D eigenvalue weighted by molar-refractivity contribution is 9.11. The van der Waals surface area contributed by atoms with Crippen LogP contribution in [0.4, 0.5) is 5.88 Å². The van der Waals surface area contributed by atoms with Gasteiger partial charge in [0.15, 0.2) is 0 Å². The molecule has 6 heteroatoms. The van der Waals surface area contributed by atoms with Gasteiger partial charge in [-0.1, -0.05) is 28.9 Å². The van der Waals surface area contributed by atoms with Crippen LogP contribution in [-0.2, 0) is 0 Å². The molecule has 0 saturated carbocycles. The predicted molar refractivity (Wildman–Crippen MR) is 82.4 cm³/mol. The van der Waals surface area contributed by atoms with Gasteiger partial charge in [0.05, 0.1) is 14.2 Å². The van der Waals surface area contributed by atoms with E-state index in [-0.39, 0.29) is 0 Å². The van der Waals surface area contributed by atoms with Crippen LogP contribution < -0.4 is 5.73 Å². The summed E-state index contributed by atoms with van der Waals surface area (Å²) in [7, 11) is 0. The predicted octanol–water partition coefficient (Wildman–Crippen LogP) is 5.07. The first-order valence-corrected chi connectivity index (χ1v) is 7.40. The van der Waals surface area contributed by atoms with Crippen LogP contribution in [0.5, 0.6) is 0 Å². The second-order valence-electron chi connectivity index (χ2n) is 3.88. The normalized spacial score (nSPS) is 10.8. The molecule has 0 atom stereocenters. The van der Waals surface area contributed by atoms with E-state index in [1.807, 2.05) is 36.4 Å². The largest absolute Gasteiger partial charge is 0.367 e. The monoisotopic (exact) mass is 354 g/mol. The lowest BCUT2D eigenvalue weighted by molar-refractivity contribution is 0.439. The van der Waals surface area contributed by atoms with E-state index in [0.717, 1.165) is 25.5 Å². The van der Waals surface area contributed by atoms with Crippen LogP contribution in [0.25, 0.3) is 21.7 Å². The molecule has 0 aliphatic carbocycles. The number of hydrogen-bond donors (Lipinski definition) is 1. The average molecular weight is 356 g/mol. The summed E-state index contributed by atoms with van der Waals surface area (Å²) in [6.07, 6.45) is 0. The lowest BCUT2D eigenvalue weighted by Gasteiger charge is -2.01. The Kier molecular flexibility index (Phi) is 3.35. The Hall–Kier alpha value is -1.30. The number of anilines is 1. The van der Waals surface area contributed by atoms with Crippen LogP contribution in [0.3, 0.4) is 0 Å². The van der Waals surface area contributed by atoms with Crippen molar-refractivity contribution < 1.29 is 4.52 Å². The lowest BCUT2D eigenvalue weighted by atomic mass is 10.1. The summed E-state index contributed by atoms with van der Waals surface area (Å²) < 4.78 is 6.16. The van der Waals surface area contributed by atoms with Crippen molar-refractivity contribution in [3.05, 3.63) is 45.2 Å². The number of thiophene rings is 1. The van der Waals surface area contributed by atoms with Gasteiger partial charge in [-0.2, -0.15) is 0 Å². The maximum atomic E-state index is 5.90. The quantitative estimate of drug-likeness (QED) is 0.698. The van der Waals surface area contributed by atoms with Crippen LogP contribution >= 0.6 is 38.9 Å². The molecule has 3 nitrogen and oxygen atoms in total. The topological polar surface area (TPSA) is 52.0 Å². The van der Waals surface area contributed by atoms with E-state index in [2.05, 4.69) is 21.1 Å². The molecule has 19 heavy (non-hydrogen) atoms. The molecule has 0 bridgehead atoms. The molecule has 0 amide bonds. The summed E-state index contributed by atoms with van der Waals surface area (Å²) in [5.74, 6) is 0.307. The van der Waals surface area contributed by atoms with Gasteiger partial charge in [0.2, 0.25) is 5.88 Å². The van der Waals surface area contributed by atoms with E-state index in [1.54, 1.807) is 11.3 Å². The van der Waals surface area contributed by atoms with E-state index in [4.69, 9.17) is 21.9 Å². The zero-order chi connectivity index (χ0) is 13.4. The van der Waals surface area contributed by atoms with Crippen molar-refractivity contribution in [3.63, 3.8) is 0 Å². The minimum atomic E-state index is 0.307. The van der Waals surface area contributed by atoms with Gasteiger partial charge in [-0.3, -0.25) is 0 Å². The Balaban J connectivity index is 2.16. The molecular weight excluding hydrogens is 348 g/mol. The average Bonchev–Trinajstić information content (AvgIpc) is 2.97. The summed E-state index contributed by atoms with van der Waals surface area (Å²) in [5, 5.41) is 4.73. The van der Waals surface area contributed by atoms with Crippen molar-refractivity contribution in [2.45, 2.75) is 0 Å². The fourth-order valence-electron chi connectivity index (χ4n) is 1.81. The molecular formula is C13H8BrClN2OS. The van der Waals surface area contributed by atoms with Crippen LogP contribution in [0.1, 0.15) is 0 Å². The number of aromatic nitrogens is 1. The summed E-state index contributed by atoms with van der Waals surface area (Å²) in [6, 6.07) is 11.4. The Labute approximate surface area is 127 Å². The Morgan fingerprint density at radius 3 is 2.53 bits per heavy atom. The third-order valence-electron chi connectivity index (χ3n) is 2.66. The molecule has 1 aromatic carbocycles. The van der Waals surface area contributed by atoms with Crippen molar-refractivity contribution >= 4 is 44.8 Å². The summed E-state index contributed by atoms with van der Waals surface area (Å²) in [5.41, 5.74) is 8.36. The molecule has 0 aliphatic heterocycles. The van der Waals surface area contributed by atoms with E-state index in [1.165, 1.54) is 0 Å². The smallest absolute Gasteiger partial charge is 0.230 e. The van der Waals surface area contributed by atoms with Gasteiger partial charge in [0.25, 0.3) is 0 Å². The first-order valence-electron chi connectivity index (χ1n) is 5.42. The van der Waals surface area contributed by atoms with Gasteiger partial charge in [-0.25, -0.2) is 0 Å². The van der Waals surface area contributed by atoms with Crippen molar-refractivity contribution in [1.82, 2.24) is 5.16 Å². The molecule has 2 heterocycles. The highest BCUT2D eigenvalue weighted by Crippen LogP contribution is 2.40. The highest BCUT2D eigenvalue weighted by atomic mass is 79.9. The van der Waals surface area contributed by atoms with Gasteiger partial charge in [-0.05, 0) is 45.8 Å². The number of rotatable bonds is 2. The maximum absolute atomic E-state index is 5.90. The molecule has 3 aromatic rings. The summed E-state index contributed by atoms with van der Waals surface area (Å²) in [6.45, 7) is 0. The zero-order valence-electron chi connectivity index (χ0n) is 9.56. The number of hydrogen-bond acceptors (Lipinski definition) is 4. The molecule has 0 unspecified atom stereocenters. The fourth-order valence-corrected chi connectivity index (χ4v) is 3.31.